The van der Waals surface area contributed by atoms with E-state index in [-0.39, 0.29) is 11.8 Å². The van der Waals surface area contributed by atoms with Crippen molar-refractivity contribution in [3.63, 3.8) is 0 Å². The molecule has 0 aromatic heterocycles. The average molecular weight is 310 g/mol. The van der Waals surface area contributed by atoms with E-state index < -0.39 is 20.8 Å². The van der Waals surface area contributed by atoms with E-state index in [0.29, 0.717) is 18.1 Å². The maximum Gasteiger partial charge on any atom is 0.211 e. The lowest BCUT2D eigenvalue weighted by atomic mass is 9.96. The van der Waals surface area contributed by atoms with Crippen LogP contribution in [0.1, 0.15) is 32.6 Å². The summed E-state index contributed by atoms with van der Waals surface area (Å²) in [4.78, 5) is 0. The van der Waals surface area contributed by atoms with Crippen molar-refractivity contribution in [1.29, 1.82) is 0 Å². The first-order chi connectivity index (χ1) is 8.89. The fourth-order valence-corrected chi connectivity index (χ4v) is 4.44. The minimum atomic E-state index is -3.20. The largest absolute Gasteiger partial charge is 0.317 e. The van der Waals surface area contributed by atoms with Crippen LogP contribution in [0.25, 0.3) is 0 Å². The predicted molar refractivity (Wildman–Crippen MR) is 80.1 cm³/mol. The quantitative estimate of drug-likeness (QED) is 0.683. The van der Waals surface area contributed by atoms with Crippen LogP contribution in [0.15, 0.2) is 0 Å². The van der Waals surface area contributed by atoms with Gasteiger partial charge in [0.15, 0.2) is 0 Å². The van der Waals surface area contributed by atoms with Crippen LogP contribution < -0.4 is 10.0 Å². The van der Waals surface area contributed by atoms with Gasteiger partial charge in [0.05, 0.1) is 5.75 Å². The molecule has 1 aliphatic heterocycles. The molecule has 7 heteroatoms. The molecule has 0 bridgehead atoms. The number of piperidine rings is 1. The number of nitrogens with one attached hydrogen (secondary N) is 2. The molecule has 1 rings (SSSR count). The molecule has 2 N–H and O–H groups in total. The summed E-state index contributed by atoms with van der Waals surface area (Å²) in [7, 11) is -4.06. The van der Waals surface area contributed by atoms with Gasteiger partial charge in [0, 0.05) is 28.9 Å². The number of sulfonamides is 1. The highest BCUT2D eigenvalue weighted by Crippen LogP contribution is 2.16. The van der Waals surface area contributed by atoms with E-state index in [1.54, 1.807) is 6.26 Å². The van der Waals surface area contributed by atoms with Crippen molar-refractivity contribution in [2.75, 3.05) is 30.9 Å². The maximum atomic E-state index is 11.9. The molecule has 0 aromatic rings. The summed E-state index contributed by atoms with van der Waals surface area (Å²) in [6.07, 6.45) is 5.14. The van der Waals surface area contributed by atoms with E-state index in [2.05, 4.69) is 10.0 Å². The number of hydrogen-bond donors (Lipinski definition) is 2. The monoisotopic (exact) mass is 310 g/mol. The molecule has 19 heavy (non-hydrogen) atoms. The van der Waals surface area contributed by atoms with Crippen LogP contribution in [-0.4, -0.2) is 49.5 Å². The van der Waals surface area contributed by atoms with E-state index in [1.165, 1.54) is 0 Å². The molecule has 2 atom stereocenters. The van der Waals surface area contributed by atoms with Crippen LogP contribution in [0.3, 0.4) is 0 Å². The maximum absolute atomic E-state index is 11.9. The first-order valence-corrected chi connectivity index (χ1v) is 10.3. The van der Waals surface area contributed by atoms with Crippen LogP contribution in [0.4, 0.5) is 0 Å². The fourth-order valence-electron chi connectivity index (χ4n) is 2.26. The molecular formula is C12H26N2O3S2. The Kier molecular flexibility index (Phi) is 7.49. The Hall–Kier alpha value is 0.0200. The topological polar surface area (TPSA) is 75.3 Å². The molecule has 1 fully saturated rings. The van der Waals surface area contributed by atoms with Crippen LogP contribution in [0.2, 0.25) is 0 Å². The standard InChI is InChI=1S/C12H26N2O3S2/c1-11(5-9-18(2)15)14-19(16,17)10-6-12-3-7-13-8-4-12/h11-14H,3-10H2,1-2H3. The summed E-state index contributed by atoms with van der Waals surface area (Å²) in [6.45, 7) is 3.82. The van der Waals surface area contributed by atoms with Gasteiger partial charge in [-0.1, -0.05) is 0 Å². The summed E-state index contributed by atoms with van der Waals surface area (Å²) in [5.41, 5.74) is 0. The van der Waals surface area contributed by atoms with Gasteiger partial charge in [-0.25, -0.2) is 13.1 Å². The molecular weight excluding hydrogens is 284 g/mol. The Morgan fingerprint density at radius 2 is 2.00 bits per heavy atom. The van der Waals surface area contributed by atoms with Gasteiger partial charge in [0.2, 0.25) is 10.0 Å². The van der Waals surface area contributed by atoms with E-state index in [9.17, 15) is 12.6 Å². The Balaban J connectivity index is 2.28. The van der Waals surface area contributed by atoms with Crippen molar-refractivity contribution in [2.45, 2.75) is 38.6 Å². The Morgan fingerprint density at radius 1 is 1.37 bits per heavy atom. The zero-order chi connectivity index (χ0) is 14.3. The van der Waals surface area contributed by atoms with Gasteiger partial charge in [0.25, 0.3) is 0 Å². The van der Waals surface area contributed by atoms with Gasteiger partial charge in [-0.3, -0.25) is 4.21 Å². The third-order valence-corrected chi connectivity index (χ3v) is 5.82. The minimum Gasteiger partial charge on any atom is -0.317 e. The molecule has 114 valence electrons. The van der Waals surface area contributed by atoms with E-state index in [4.69, 9.17) is 0 Å². The second-order valence-corrected chi connectivity index (χ2v) is 8.81. The second kappa shape index (κ2) is 8.34. The molecule has 0 aliphatic carbocycles. The summed E-state index contributed by atoms with van der Waals surface area (Å²) < 4.78 is 37.5. The highest BCUT2D eigenvalue weighted by atomic mass is 32.2. The molecule has 2 unspecified atom stereocenters. The smallest absolute Gasteiger partial charge is 0.211 e. The first kappa shape index (κ1) is 17.1. The van der Waals surface area contributed by atoms with E-state index in [1.807, 2.05) is 6.92 Å². The zero-order valence-corrected chi connectivity index (χ0v) is 13.5. The predicted octanol–water partition coefficient (Wildman–Crippen LogP) is 0.453. The highest BCUT2D eigenvalue weighted by Gasteiger charge is 2.19. The van der Waals surface area contributed by atoms with Gasteiger partial charge >= 0.3 is 0 Å². The van der Waals surface area contributed by atoms with Gasteiger partial charge in [-0.15, -0.1) is 0 Å². The van der Waals surface area contributed by atoms with Crippen LogP contribution in [0, 0.1) is 5.92 Å². The molecule has 0 saturated carbocycles. The fraction of sp³-hybridized carbons (Fsp3) is 1.00. The van der Waals surface area contributed by atoms with Crippen LogP contribution >= 0.6 is 0 Å². The lowest BCUT2D eigenvalue weighted by molar-refractivity contribution is 0.365. The average Bonchev–Trinajstić information content (AvgIpc) is 2.35. The number of rotatable bonds is 8. The van der Waals surface area contributed by atoms with Crippen molar-refractivity contribution in [3.05, 3.63) is 0 Å². The van der Waals surface area contributed by atoms with Gasteiger partial charge in [0.1, 0.15) is 0 Å². The Labute approximate surface area is 119 Å². The van der Waals surface area contributed by atoms with Crippen molar-refractivity contribution in [1.82, 2.24) is 10.0 Å². The molecule has 0 spiro atoms. The summed E-state index contributed by atoms with van der Waals surface area (Å²) in [5, 5.41) is 3.28. The molecule has 0 amide bonds. The Bertz CT molecular complexity index is 378. The Morgan fingerprint density at radius 3 is 2.58 bits per heavy atom. The third kappa shape index (κ3) is 8.02. The van der Waals surface area contributed by atoms with Crippen molar-refractivity contribution >= 4 is 20.8 Å². The minimum absolute atomic E-state index is 0.137. The molecule has 1 saturated heterocycles. The molecule has 1 heterocycles. The summed E-state index contributed by atoms with van der Waals surface area (Å²) in [6, 6.07) is -0.137. The van der Waals surface area contributed by atoms with Crippen molar-refractivity contribution in [3.8, 4) is 0 Å². The lowest BCUT2D eigenvalue weighted by Crippen LogP contribution is -2.36. The summed E-state index contributed by atoms with van der Waals surface area (Å²) in [5.74, 6) is 1.27. The van der Waals surface area contributed by atoms with Crippen molar-refractivity contribution < 1.29 is 12.6 Å². The summed E-state index contributed by atoms with van der Waals surface area (Å²) >= 11 is 0. The van der Waals surface area contributed by atoms with Gasteiger partial charge < -0.3 is 5.32 Å². The SMILES string of the molecule is CC(CCS(C)=O)NS(=O)(=O)CCC1CCNCC1. The second-order valence-electron chi connectivity index (χ2n) is 5.39. The molecule has 0 radical (unpaired) electrons. The lowest BCUT2D eigenvalue weighted by Gasteiger charge is -2.22. The number of hydrogen-bond acceptors (Lipinski definition) is 4. The van der Waals surface area contributed by atoms with Crippen molar-refractivity contribution in [2.24, 2.45) is 5.92 Å². The normalized spacial score (nSPS) is 21.2. The molecule has 1 aliphatic rings. The third-order valence-electron chi connectivity index (χ3n) is 3.47. The van der Waals surface area contributed by atoms with Crippen LogP contribution in [0.5, 0.6) is 0 Å². The zero-order valence-electron chi connectivity index (χ0n) is 11.9. The van der Waals surface area contributed by atoms with Gasteiger partial charge in [-0.2, -0.15) is 0 Å². The van der Waals surface area contributed by atoms with Gasteiger partial charge in [-0.05, 0) is 51.6 Å². The van der Waals surface area contributed by atoms with E-state index >= 15 is 0 Å². The highest BCUT2D eigenvalue weighted by molar-refractivity contribution is 7.89. The van der Waals surface area contributed by atoms with E-state index in [0.717, 1.165) is 32.4 Å². The molecule has 0 aromatic carbocycles. The molecule has 5 nitrogen and oxygen atoms in total. The van der Waals surface area contributed by atoms with Crippen LogP contribution in [-0.2, 0) is 20.8 Å². The first-order valence-electron chi connectivity index (χ1n) is 6.90.